The van der Waals surface area contributed by atoms with Crippen molar-refractivity contribution in [3.8, 4) is 0 Å². The molecule has 1 amide bonds. The first-order valence-corrected chi connectivity index (χ1v) is 12.8. The van der Waals surface area contributed by atoms with Crippen LogP contribution in [0.4, 0.5) is 11.8 Å². The summed E-state index contributed by atoms with van der Waals surface area (Å²) < 4.78 is 5.29. The van der Waals surface area contributed by atoms with Gasteiger partial charge in [-0.1, -0.05) is 43.4 Å². The summed E-state index contributed by atoms with van der Waals surface area (Å²) in [6.07, 6.45) is 14.7. The van der Waals surface area contributed by atoms with E-state index in [2.05, 4.69) is 26.6 Å². The van der Waals surface area contributed by atoms with Gasteiger partial charge in [-0.05, 0) is 49.5 Å². The minimum Gasteiger partial charge on any atom is -0.496 e. The standard InChI is InChI=1S/C25H34ClN5O2/c1-33-22-9-8-16(10-21(22)26)12-27-23-20(24(32)29-19-6-4-2-3-5-7-19)13-28-25(30-23)31-14-17-11-18(17)15-31/h8-9,13,16-19H,2-7,10-12,14-15H2,1H3,(H,29,32)(H,27,28,30). The Labute approximate surface area is 201 Å². The lowest BCUT2D eigenvalue weighted by atomic mass is 9.99. The molecule has 1 aromatic rings. The van der Waals surface area contributed by atoms with Gasteiger partial charge in [-0.25, -0.2) is 4.98 Å². The predicted octanol–water partition coefficient (Wildman–Crippen LogP) is 4.47. The number of nitrogens with zero attached hydrogens (tertiary/aromatic N) is 3. The van der Waals surface area contributed by atoms with E-state index in [-0.39, 0.29) is 17.9 Å². The molecule has 5 rings (SSSR count). The minimum absolute atomic E-state index is 0.0843. The number of piperidine rings is 1. The molecule has 0 aromatic carbocycles. The van der Waals surface area contributed by atoms with E-state index in [1.807, 2.05) is 6.08 Å². The monoisotopic (exact) mass is 471 g/mol. The van der Waals surface area contributed by atoms with Gasteiger partial charge in [-0.15, -0.1) is 0 Å². The van der Waals surface area contributed by atoms with Crippen molar-refractivity contribution in [2.75, 3.05) is 37.0 Å². The molecule has 0 radical (unpaired) electrons. The number of aromatic nitrogens is 2. The lowest BCUT2D eigenvalue weighted by Gasteiger charge is -2.23. The molecule has 3 atom stereocenters. The quantitative estimate of drug-likeness (QED) is 0.571. The molecule has 7 nitrogen and oxygen atoms in total. The van der Waals surface area contributed by atoms with E-state index in [0.717, 1.165) is 48.7 Å². The van der Waals surface area contributed by atoms with Crippen LogP contribution in [0, 0.1) is 17.8 Å². The zero-order chi connectivity index (χ0) is 22.8. The molecule has 0 bridgehead atoms. The maximum atomic E-state index is 13.2. The van der Waals surface area contributed by atoms with Crippen molar-refractivity contribution in [2.45, 2.75) is 57.4 Å². The molecule has 3 unspecified atom stereocenters. The van der Waals surface area contributed by atoms with E-state index in [1.54, 1.807) is 13.3 Å². The first-order chi connectivity index (χ1) is 16.1. The maximum Gasteiger partial charge on any atom is 0.256 e. The molecule has 2 heterocycles. The van der Waals surface area contributed by atoms with Crippen molar-refractivity contribution in [3.05, 3.63) is 34.7 Å². The number of allylic oxidation sites excluding steroid dienone is 2. The molecule has 178 valence electrons. The summed E-state index contributed by atoms with van der Waals surface area (Å²) in [5.74, 6) is 3.74. The largest absolute Gasteiger partial charge is 0.496 e. The zero-order valence-electron chi connectivity index (χ0n) is 19.4. The van der Waals surface area contributed by atoms with Crippen molar-refractivity contribution in [2.24, 2.45) is 17.8 Å². The fourth-order valence-electron chi connectivity index (χ4n) is 5.33. The van der Waals surface area contributed by atoms with Gasteiger partial charge in [-0.3, -0.25) is 4.79 Å². The molecule has 3 aliphatic carbocycles. The van der Waals surface area contributed by atoms with Crippen LogP contribution in [0.15, 0.2) is 29.1 Å². The highest BCUT2D eigenvalue weighted by Gasteiger charge is 2.46. The molecule has 1 aliphatic heterocycles. The van der Waals surface area contributed by atoms with Crippen molar-refractivity contribution < 1.29 is 9.53 Å². The third-order valence-electron chi connectivity index (χ3n) is 7.45. The van der Waals surface area contributed by atoms with Crippen LogP contribution in [0.3, 0.4) is 0 Å². The second kappa shape index (κ2) is 9.92. The van der Waals surface area contributed by atoms with Gasteiger partial charge in [0.1, 0.15) is 17.1 Å². The number of carbonyl (C=O) groups excluding carboxylic acids is 1. The smallest absolute Gasteiger partial charge is 0.256 e. The lowest BCUT2D eigenvalue weighted by Crippen LogP contribution is -2.35. The molecule has 1 saturated heterocycles. The lowest BCUT2D eigenvalue weighted by molar-refractivity contribution is 0.0933. The van der Waals surface area contributed by atoms with Crippen LogP contribution in [0.2, 0.25) is 0 Å². The highest BCUT2D eigenvalue weighted by atomic mass is 35.5. The number of anilines is 2. The number of hydrogen-bond donors (Lipinski definition) is 2. The number of amides is 1. The van der Waals surface area contributed by atoms with Crippen LogP contribution in [-0.2, 0) is 4.74 Å². The number of halogens is 1. The summed E-state index contributed by atoms with van der Waals surface area (Å²) in [5.41, 5.74) is 0.520. The number of nitrogens with one attached hydrogen (secondary N) is 2. The highest BCUT2D eigenvalue weighted by molar-refractivity contribution is 6.30. The minimum atomic E-state index is -0.0843. The molecular weight excluding hydrogens is 438 g/mol. The second-order valence-corrected chi connectivity index (χ2v) is 10.4. The molecule has 2 saturated carbocycles. The molecule has 4 aliphatic rings. The Bertz CT molecular complexity index is 931. The molecular formula is C25H34ClN5O2. The summed E-state index contributed by atoms with van der Waals surface area (Å²) in [6.45, 7) is 2.67. The van der Waals surface area contributed by atoms with Crippen LogP contribution in [0.5, 0.6) is 0 Å². The summed E-state index contributed by atoms with van der Waals surface area (Å²) in [7, 11) is 1.63. The van der Waals surface area contributed by atoms with Crippen molar-refractivity contribution in [1.82, 2.24) is 15.3 Å². The van der Waals surface area contributed by atoms with Crippen molar-refractivity contribution in [3.63, 3.8) is 0 Å². The Kier molecular flexibility index (Phi) is 6.76. The molecule has 0 spiro atoms. The molecule has 33 heavy (non-hydrogen) atoms. The summed E-state index contributed by atoms with van der Waals surface area (Å²) >= 11 is 6.37. The molecule has 1 aromatic heterocycles. The van der Waals surface area contributed by atoms with Gasteiger partial charge in [0.2, 0.25) is 5.95 Å². The Morgan fingerprint density at radius 1 is 1.21 bits per heavy atom. The van der Waals surface area contributed by atoms with Gasteiger partial charge in [-0.2, -0.15) is 4.98 Å². The summed E-state index contributed by atoms with van der Waals surface area (Å²) in [4.78, 5) is 24.9. The topological polar surface area (TPSA) is 79.4 Å². The number of fused-ring (bicyclic) bond motifs is 1. The van der Waals surface area contributed by atoms with Crippen molar-refractivity contribution in [1.29, 1.82) is 0 Å². The number of hydrogen-bond acceptors (Lipinski definition) is 6. The van der Waals surface area contributed by atoms with E-state index >= 15 is 0 Å². The van der Waals surface area contributed by atoms with Gasteiger partial charge >= 0.3 is 0 Å². The predicted molar refractivity (Wildman–Crippen MR) is 130 cm³/mol. The summed E-state index contributed by atoms with van der Waals surface area (Å²) in [6, 6.07) is 0.232. The Balaban J connectivity index is 1.31. The van der Waals surface area contributed by atoms with Gasteiger partial charge < -0.3 is 20.3 Å². The maximum absolute atomic E-state index is 13.2. The Morgan fingerprint density at radius 3 is 2.67 bits per heavy atom. The van der Waals surface area contributed by atoms with Crippen LogP contribution in [-0.4, -0.2) is 48.7 Å². The fourth-order valence-corrected chi connectivity index (χ4v) is 5.67. The van der Waals surface area contributed by atoms with Crippen LogP contribution in [0.1, 0.15) is 61.7 Å². The average Bonchev–Trinajstić information content (AvgIpc) is 3.52. The second-order valence-electron chi connectivity index (χ2n) is 9.93. The zero-order valence-corrected chi connectivity index (χ0v) is 20.1. The van der Waals surface area contributed by atoms with E-state index in [4.69, 9.17) is 21.3 Å². The average molecular weight is 472 g/mol. The molecule has 3 fully saturated rings. The molecule has 8 heteroatoms. The number of carbonyl (C=O) groups is 1. The Morgan fingerprint density at radius 2 is 1.97 bits per heavy atom. The van der Waals surface area contributed by atoms with Gasteiger partial charge in [0.15, 0.2) is 0 Å². The van der Waals surface area contributed by atoms with E-state index < -0.39 is 0 Å². The van der Waals surface area contributed by atoms with Crippen molar-refractivity contribution >= 4 is 29.3 Å². The SMILES string of the molecule is COC1=C(Cl)CC(CNc2nc(N3CC4CC4C3)ncc2C(=O)NC2CCCCCC2)C=C1. The normalized spacial score (nSPS) is 27.2. The third kappa shape index (κ3) is 5.29. The Hall–Kier alpha value is -2.28. The number of methoxy groups -OCH3 is 1. The van der Waals surface area contributed by atoms with Crippen LogP contribution < -0.4 is 15.5 Å². The van der Waals surface area contributed by atoms with E-state index in [9.17, 15) is 4.79 Å². The van der Waals surface area contributed by atoms with Gasteiger partial charge in [0, 0.05) is 31.9 Å². The number of ether oxygens (including phenoxy) is 1. The van der Waals surface area contributed by atoms with Crippen LogP contribution in [0.25, 0.3) is 0 Å². The molecule has 2 N–H and O–H groups in total. The first-order valence-electron chi connectivity index (χ1n) is 12.4. The van der Waals surface area contributed by atoms with Gasteiger partial charge in [0.05, 0.1) is 12.1 Å². The fraction of sp³-hybridized carbons (Fsp3) is 0.640. The van der Waals surface area contributed by atoms with Crippen LogP contribution >= 0.6 is 11.6 Å². The first kappa shape index (κ1) is 22.5. The third-order valence-corrected chi connectivity index (χ3v) is 7.79. The summed E-state index contributed by atoms with van der Waals surface area (Å²) in [5, 5.41) is 7.41. The highest BCUT2D eigenvalue weighted by Crippen LogP contribution is 2.45. The van der Waals surface area contributed by atoms with E-state index in [0.29, 0.717) is 30.1 Å². The van der Waals surface area contributed by atoms with E-state index in [1.165, 1.54) is 32.1 Å². The van der Waals surface area contributed by atoms with Gasteiger partial charge in [0.25, 0.3) is 5.91 Å². The number of rotatable bonds is 7.